The Balaban J connectivity index is 1.38. The number of sulfonamides is 1. The van der Waals surface area contributed by atoms with E-state index in [-0.39, 0.29) is 33.0 Å². The number of halogens is 2. The van der Waals surface area contributed by atoms with E-state index in [2.05, 4.69) is 10.0 Å². The predicted molar refractivity (Wildman–Crippen MR) is 138 cm³/mol. The molecule has 4 aromatic rings. The van der Waals surface area contributed by atoms with Gasteiger partial charge in [-0.15, -0.1) is 0 Å². The quantitative estimate of drug-likeness (QED) is 0.292. The summed E-state index contributed by atoms with van der Waals surface area (Å²) in [5.74, 6) is -0.202. The highest BCUT2D eigenvalue weighted by atomic mass is 35.5. The first-order valence-corrected chi connectivity index (χ1v) is 12.6. The lowest BCUT2D eigenvalue weighted by atomic mass is 10.0. The van der Waals surface area contributed by atoms with Crippen LogP contribution in [0.3, 0.4) is 0 Å². The van der Waals surface area contributed by atoms with Gasteiger partial charge in [-0.1, -0.05) is 83.9 Å². The van der Waals surface area contributed by atoms with E-state index in [0.717, 1.165) is 16.7 Å². The zero-order chi connectivity index (χ0) is 24.1. The van der Waals surface area contributed by atoms with Crippen molar-refractivity contribution < 1.29 is 13.2 Å². The molecule has 0 bridgehead atoms. The third kappa shape index (κ3) is 5.78. The number of benzene rings is 4. The normalized spacial score (nSPS) is 11.1. The standard InChI is InChI=1S/C26H20Cl2N2O3S/c27-23-7-4-8-24(26(23)28)30-34(32,33)22-15-13-21(14-16-22)29-25(31)17-18-9-11-20(12-10-18)19-5-2-1-3-6-19/h1-16,30H,17H2,(H,29,31). The SMILES string of the molecule is O=C(Cc1ccc(-c2ccccc2)cc1)Nc1ccc(S(=O)(=O)Nc2cccc(Cl)c2Cl)cc1. The number of carbonyl (C=O) groups is 1. The van der Waals surface area contributed by atoms with Crippen molar-refractivity contribution in [1.82, 2.24) is 0 Å². The molecule has 34 heavy (non-hydrogen) atoms. The van der Waals surface area contributed by atoms with Crippen molar-refractivity contribution in [3.05, 3.63) is 113 Å². The van der Waals surface area contributed by atoms with E-state index in [4.69, 9.17) is 23.2 Å². The molecule has 0 aliphatic heterocycles. The second-order valence-electron chi connectivity index (χ2n) is 7.52. The van der Waals surface area contributed by atoms with E-state index < -0.39 is 10.0 Å². The smallest absolute Gasteiger partial charge is 0.261 e. The molecule has 0 saturated carbocycles. The molecule has 0 fully saturated rings. The van der Waals surface area contributed by atoms with E-state index in [1.807, 2.05) is 54.6 Å². The highest BCUT2D eigenvalue weighted by Crippen LogP contribution is 2.31. The van der Waals surface area contributed by atoms with E-state index in [1.54, 1.807) is 12.1 Å². The molecule has 0 unspecified atom stereocenters. The first kappa shape index (κ1) is 23.8. The van der Waals surface area contributed by atoms with Crippen LogP contribution >= 0.6 is 23.2 Å². The van der Waals surface area contributed by atoms with Crippen LogP contribution in [0.4, 0.5) is 11.4 Å². The van der Waals surface area contributed by atoms with Crippen molar-refractivity contribution in [2.24, 2.45) is 0 Å². The summed E-state index contributed by atoms with van der Waals surface area (Å²) in [7, 11) is -3.88. The molecule has 0 spiro atoms. The van der Waals surface area contributed by atoms with E-state index >= 15 is 0 Å². The summed E-state index contributed by atoms with van der Waals surface area (Å²) in [6.45, 7) is 0. The van der Waals surface area contributed by atoms with Gasteiger partial charge in [0.25, 0.3) is 10.0 Å². The third-order valence-corrected chi connectivity index (χ3v) is 7.27. The topological polar surface area (TPSA) is 75.3 Å². The maximum Gasteiger partial charge on any atom is 0.261 e. The van der Waals surface area contributed by atoms with Gasteiger partial charge in [0.2, 0.25) is 5.91 Å². The van der Waals surface area contributed by atoms with Crippen molar-refractivity contribution in [2.75, 3.05) is 10.0 Å². The molecular formula is C26H20Cl2N2O3S. The fourth-order valence-electron chi connectivity index (χ4n) is 3.34. The molecular weight excluding hydrogens is 491 g/mol. The van der Waals surface area contributed by atoms with Crippen molar-refractivity contribution in [3.63, 3.8) is 0 Å². The molecule has 172 valence electrons. The number of hydrogen-bond acceptors (Lipinski definition) is 3. The van der Waals surface area contributed by atoms with Gasteiger partial charge in [-0.2, -0.15) is 0 Å². The van der Waals surface area contributed by atoms with Crippen molar-refractivity contribution >= 4 is 50.5 Å². The highest BCUT2D eigenvalue weighted by molar-refractivity contribution is 7.92. The van der Waals surface area contributed by atoms with Gasteiger partial charge >= 0.3 is 0 Å². The molecule has 8 heteroatoms. The molecule has 0 aromatic heterocycles. The van der Waals surface area contributed by atoms with Crippen LogP contribution in [0.25, 0.3) is 11.1 Å². The Hall–Kier alpha value is -3.32. The lowest BCUT2D eigenvalue weighted by Crippen LogP contribution is -2.15. The van der Waals surface area contributed by atoms with Gasteiger partial charge in [-0.05, 0) is 53.1 Å². The van der Waals surface area contributed by atoms with Crippen molar-refractivity contribution in [2.45, 2.75) is 11.3 Å². The molecule has 5 nitrogen and oxygen atoms in total. The summed E-state index contributed by atoms with van der Waals surface area (Å²) in [6, 6.07) is 28.4. The highest BCUT2D eigenvalue weighted by Gasteiger charge is 2.17. The van der Waals surface area contributed by atoms with Crippen molar-refractivity contribution in [1.29, 1.82) is 0 Å². The Morgan fingerprint density at radius 1 is 0.735 bits per heavy atom. The van der Waals surface area contributed by atoms with Gasteiger partial charge in [0.05, 0.1) is 27.0 Å². The largest absolute Gasteiger partial charge is 0.326 e. The molecule has 2 N–H and O–H groups in total. The Morgan fingerprint density at radius 3 is 2.06 bits per heavy atom. The zero-order valence-corrected chi connectivity index (χ0v) is 20.2. The number of hydrogen-bond donors (Lipinski definition) is 2. The number of anilines is 2. The molecule has 4 rings (SSSR count). The van der Waals surface area contributed by atoms with Gasteiger partial charge in [0, 0.05) is 5.69 Å². The molecule has 0 heterocycles. The number of carbonyl (C=O) groups excluding carboxylic acids is 1. The fraction of sp³-hybridized carbons (Fsp3) is 0.0385. The summed E-state index contributed by atoms with van der Waals surface area (Å²) < 4.78 is 27.8. The molecule has 0 atom stereocenters. The average Bonchev–Trinajstić information content (AvgIpc) is 2.83. The minimum absolute atomic E-state index is 0.0260. The Morgan fingerprint density at radius 2 is 1.38 bits per heavy atom. The van der Waals surface area contributed by atoms with Crippen LogP contribution in [0, 0.1) is 0 Å². The molecule has 0 aliphatic carbocycles. The fourth-order valence-corrected chi connectivity index (χ4v) is 4.82. The summed E-state index contributed by atoms with van der Waals surface area (Å²) in [5, 5.41) is 3.15. The van der Waals surface area contributed by atoms with Crippen LogP contribution in [0.15, 0.2) is 102 Å². The summed E-state index contributed by atoms with van der Waals surface area (Å²) in [5.41, 5.74) is 3.74. The molecule has 1 amide bonds. The molecule has 0 radical (unpaired) electrons. The van der Waals surface area contributed by atoms with Gasteiger partial charge in [0.15, 0.2) is 0 Å². The van der Waals surface area contributed by atoms with Gasteiger partial charge in [-0.25, -0.2) is 8.42 Å². The van der Waals surface area contributed by atoms with E-state index in [9.17, 15) is 13.2 Å². The van der Waals surface area contributed by atoms with Crippen LogP contribution in [0.5, 0.6) is 0 Å². The van der Waals surface area contributed by atoms with Crippen LogP contribution in [0.1, 0.15) is 5.56 Å². The summed E-state index contributed by atoms with van der Waals surface area (Å²) in [4.78, 5) is 12.5. The Bertz CT molecular complexity index is 1410. The Labute approximate surface area is 208 Å². The first-order valence-electron chi connectivity index (χ1n) is 10.3. The number of rotatable bonds is 7. The predicted octanol–water partition coefficient (Wildman–Crippen LogP) is 6.64. The lowest BCUT2D eigenvalue weighted by molar-refractivity contribution is -0.115. The lowest BCUT2D eigenvalue weighted by Gasteiger charge is -2.11. The average molecular weight is 511 g/mol. The van der Waals surface area contributed by atoms with Gasteiger partial charge in [0.1, 0.15) is 0 Å². The third-order valence-electron chi connectivity index (χ3n) is 5.07. The van der Waals surface area contributed by atoms with E-state index in [1.165, 1.54) is 30.3 Å². The number of nitrogens with one attached hydrogen (secondary N) is 2. The van der Waals surface area contributed by atoms with Gasteiger partial charge < -0.3 is 5.32 Å². The minimum Gasteiger partial charge on any atom is -0.326 e. The second-order valence-corrected chi connectivity index (χ2v) is 9.99. The minimum atomic E-state index is -3.88. The second kappa shape index (κ2) is 10.3. The van der Waals surface area contributed by atoms with Crippen molar-refractivity contribution in [3.8, 4) is 11.1 Å². The molecule has 0 aliphatic rings. The maximum absolute atomic E-state index is 12.7. The van der Waals surface area contributed by atoms with E-state index in [0.29, 0.717) is 5.69 Å². The maximum atomic E-state index is 12.7. The zero-order valence-electron chi connectivity index (χ0n) is 17.8. The van der Waals surface area contributed by atoms with Crippen LogP contribution in [-0.2, 0) is 21.2 Å². The van der Waals surface area contributed by atoms with Crippen LogP contribution in [-0.4, -0.2) is 14.3 Å². The molecule has 0 saturated heterocycles. The molecule has 4 aromatic carbocycles. The summed E-state index contributed by atoms with van der Waals surface area (Å²) >= 11 is 12.0. The number of amides is 1. The van der Waals surface area contributed by atoms with Gasteiger partial charge in [-0.3, -0.25) is 9.52 Å². The Kier molecular flexibility index (Phi) is 7.22. The van der Waals surface area contributed by atoms with Crippen LogP contribution in [0.2, 0.25) is 10.0 Å². The van der Waals surface area contributed by atoms with Crippen LogP contribution < -0.4 is 10.0 Å². The summed E-state index contributed by atoms with van der Waals surface area (Å²) in [6.07, 6.45) is 0.198. The monoisotopic (exact) mass is 510 g/mol. The first-order chi connectivity index (χ1) is 16.3.